The summed E-state index contributed by atoms with van der Waals surface area (Å²) in [6.45, 7) is 5.34. The highest BCUT2D eigenvalue weighted by Crippen LogP contribution is 2.22. The maximum atomic E-state index is 12.1. The number of aryl methyl sites for hydroxylation is 1. The fourth-order valence-corrected chi connectivity index (χ4v) is 1.94. The number of hydrogen-bond donors (Lipinski definition) is 2. The van der Waals surface area contributed by atoms with Gasteiger partial charge in [0.2, 0.25) is 5.91 Å². The molecule has 0 heterocycles. The van der Waals surface area contributed by atoms with E-state index in [1.807, 2.05) is 38.1 Å². The van der Waals surface area contributed by atoms with Crippen LogP contribution in [0.5, 0.6) is 0 Å². The first kappa shape index (κ1) is 13.7. The van der Waals surface area contributed by atoms with Crippen LogP contribution in [0.2, 0.25) is 0 Å². The van der Waals surface area contributed by atoms with Crippen molar-refractivity contribution in [2.24, 2.45) is 5.73 Å². The second kappa shape index (κ2) is 7.07. The van der Waals surface area contributed by atoms with Crippen molar-refractivity contribution in [3.05, 3.63) is 35.4 Å². The van der Waals surface area contributed by atoms with Gasteiger partial charge in [-0.1, -0.05) is 31.2 Å². The normalized spacial score (nSPS) is 12.2. The molecule has 0 aliphatic carbocycles. The molecule has 17 heavy (non-hydrogen) atoms. The average Bonchev–Trinajstić information content (AvgIpc) is 2.34. The topological polar surface area (TPSA) is 55.1 Å². The lowest BCUT2D eigenvalue weighted by Gasteiger charge is -2.18. The van der Waals surface area contributed by atoms with E-state index in [9.17, 15) is 4.79 Å². The van der Waals surface area contributed by atoms with Crippen LogP contribution in [-0.2, 0) is 4.79 Å². The van der Waals surface area contributed by atoms with E-state index in [-0.39, 0.29) is 11.8 Å². The SMILES string of the molecule is CCCNC(=O)C(CCN)c1ccccc1C. The van der Waals surface area contributed by atoms with E-state index in [1.54, 1.807) is 0 Å². The summed E-state index contributed by atoms with van der Waals surface area (Å²) >= 11 is 0. The molecule has 1 aromatic rings. The lowest BCUT2D eigenvalue weighted by atomic mass is 9.91. The van der Waals surface area contributed by atoms with Gasteiger partial charge in [0.25, 0.3) is 0 Å². The fourth-order valence-electron chi connectivity index (χ4n) is 1.94. The van der Waals surface area contributed by atoms with Crippen molar-refractivity contribution in [3.63, 3.8) is 0 Å². The highest BCUT2D eigenvalue weighted by molar-refractivity contribution is 5.84. The Labute approximate surface area is 103 Å². The molecular formula is C14H22N2O. The molecule has 0 radical (unpaired) electrons. The first-order valence-corrected chi connectivity index (χ1v) is 6.24. The molecule has 1 aromatic carbocycles. The van der Waals surface area contributed by atoms with Crippen LogP contribution in [0.3, 0.4) is 0 Å². The molecule has 1 amide bonds. The van der Waals surface area contributed by atoms with Gasteiger partial charge < -0.3 is 11.1 Å². The monoisotopic (exact) mass is 234 g/mol. The van der Waals surface area contributed by atoms with Crippen LogP contribution in [0.25, 0.3) is 0 Å². The summed E-state index contributed by atoms with van der Waals surface area (Å²) in [5.41, 5.74) is 7.84. The number of nitrogens with one attached hydrogen (secondary N) is 1. The minimum absolute atomic E-state index is 0.0894. The largest absolute Gasteiger partial charge is 0.356 e. The van der Waals surface area contributed by atoms with Crippen LogP contribution in [0.15, 0.2) is 24.3 Å². The summed E-state index contributed by atoms with van der Waals surface area (Å²) in [7, 11) is 0. The predicted octanol–water partition coefficient (Wildman–Crippen LogP) is 1.95. The van der Waals surface area contributed by atoms with Crippen molar-refractivity contribution >= 4 is 5.91 Å². The van der Waals surface area contributed by atoms with Gasteiger partial charge in [-0.2, -0.15) is 0 Å². The highest BCUT2D eigenvalue weighted by atomic mass is 16.1. The van der Waals surface area contributed by atoms with E-state index in [1.165, 1.54) is 0 Å². The van der Waals surface area contributed by atoms with Crippen LogP contribution in [-0.4, -0.2) is 19.0 Å². The molecule has 3 nitrogen and oxygen atoms in total. The Kier molecular flexibility index (Phi) is 5.70. The summed E-state index contributed by atoms with van der Waals surface area (Å²) in [6, 6.07) is 8.01. The molecule has 0 fully saturated rings. The molecule has 0 saturated heterocycles. The van der Waals surface area contributed by atoms with E-state index in [4.69, 9.17) is 5.73 Å². The number of nitrogens with two attached hydrogens (primary N) is 1. The first-order valence-electron chi connectivity index (χ1n) is 6.24. The zero-order valence-corrected chi connectivity index (χ0v) is 10.7. The molecule has 0 aliphatic heterocycles. The Morgan fingerprint density at radius 1 is 1.41 bits per heavy atom. The standard InChI is InChI=1S/C14H22N2O/c1-3-10-16-14(17)13(8-9-15)12-7-5-4-6-11(12)2/h4-7,13H,3,8-10,15H2,1-2H3,(H,16,17). The van der Waals surface area contributed by atoms with Crippen molar-refractivity contribution in [2.45, 2.75) is 32.6 Å². The maximum absolute atomic E-state index is 12.1. The lowest BCUT2D eigenvalue weighted by molar-refractivity contribution is -0.122. The first-order chi connectivity index (χ1) is 8.20. The molecule has 0 spiro atoms. The third-order valence-electron chi connectivity index (χ3n) is 2.88. The van der Waals surface area contributed by atoms with Gasteiger partial charge in [0.1, 0.15) is 0 Å². The molecule has 1 rings (SSSR count). The minimum atomic E-state index is -0.118. The van der Waals surface area contributed by atoms with Crippen LogP contribution in [0, 0.1) is 6.92 Å². The molecule has 0 aromatic heterocycles. The van der Waals surface area contributed by atoms with Crippen molar-refractivity contribution < 1.29 is 4.79 Å². The van der Waals surface area contributed by atoms with Crippen LogP contribution >= 0.6 is 0 Å². The number of rotatable bonds is 6. The fraction of sp³-hybridized carbons (Fsp3) is 0.500. The Hall–Kier alpha value is -1.35. The summed E-state index contributed by atoms with van der Waals surface area (Å²) in [5, 5.41) is 2.95. The zero-order valence-electron chi connectivity index (χ0n) is 10.7. The third kappa shape index (κ3) is 3.86. The Balaban J connectivity index is 2.85. The van der Waals surface area contributed by atoms with Crippen LogP contribution in [0.4, 0.5) is 0 Å². The Bertz CT molecular complexity index is 363. The Morgan fingerprint density at radius 2 is 2.12 bits per heavy atom. The van der Waals surface area contributed by atoms with E-state index >= 15 is 0 Å². The molecule has 0 bridgehead atoms. The summed E-state index contributed by atoms with van der Waals surface area (Å²) in [6.07, 6.45) is 1.65. The van der Waals surface area contributed by atoms with Gasteiger partial charge in [-0.25, -0.2) is 0 Å². The van der Waals surface area contributed by atoms with Crippen molar-refractivity contribution in [3.8, 4) is 0 Å². The maximum Gasteiger partial charge on any atom is 0.227 e. The zero-order chi connectivity index (χ0) is 12.7. The van der Waals surface area contributed by atoms with E-state index < -0.39 is 0 Å². The molecule has 1 atom stereocenters. The second-order valence-electron chi connectivity index (χ2n) is 4.28. The second-order valence-corrected chi connectivity index (χ2v) is 4.28. The van der Waals surface area contributed by atoms with Crippen molar-refractivity contribution in [1.29, 1.82) is 0 Å². The van der Waals surface area contributed by atoms with Gasteiger partial charge in [0.15, 0.2) is 0 Å². The quantitative estimate of drug-likeness (QED) is 0.790. The van der Waals surface area contributed by atoms with E-state index in [0.717, 1.165) is 24.1 Å². The number of carbonyl (C=O) groups is 1. The van der Waals surface area contributed by atoms with Gasteiger partial charge in [-0.3, -0.25) is 4.79 Å². The Morgan fingerprint density at radius 3 is 2.71 bits per heavy atom. The third-order valence-corrected chi connectivity index (χ3v) is 2.88. The van der Waals surface area contributed by atoms with Crippen molar-refractivity contribution in [2.75, 3.05) is 13.1 Å². The number of amides is 1. The number of benzene rings is 1. The smallest absolute Gasteiger partial charge is 0.227 e. The number of carbonyl (C=O) groups excluding carboxylic acids is 1. The van der Waals surface area contributed by atoms with Crippen molar-refractivity contribution in [1.82, 2.24) is 5.32 Å². The molecule has 0 aliphatic rings. The van der Waals surface area contributed by atoms with E-state index in [2.05, 4.69) is 5.32 Å². The average molecular weight is 234 g/mol. The van der Waals surface area contributed by atoms with Gasteiger partial charge >= 0.3 is 0 Å². The summed E-state index contributed by atoms with van der Waals surface area (Å²) in [5.74, 6) is -0.0284. The predicted molar refractivity (Wildman–Crippen MR) is 70.9 cm³/mol. The molecule has 94 valence electrons. The summed E-state index contributed by atoms with van der Waals surface area (Å²) < 4.78 is 0. The number of hydrogen-bond acceptors (Lipinski definition) is 2. The molecule has 3 heteroatoms. The molecule has 3 N–H and O–H groups in total. The van der Waals surface area contributed by atoms with Gasteiger partial charge in [0, 0.05) is 6.54 Å². The van der Waals surface area contributed by atoms with Crippen LogP contribution in [0.1, 0.15) is 36.8 Å². The molecule has 0 saturated carbocycles. The van der Waals surface area contributed by atoms with Gasteiger partial charge in [-0.15, -0.1) is 0 Å². The van der Waals surface area contributed by atoms with Gasteiger partial charge in [-0.05, 0) is 37.4 Å². The summed E-state index contributed by atoms with van der Waals surface area (Å²) in [4.78, 5) is 12.1. The van der Waals surface area contributed by atoms with E-state index in [0.29, 0.717) is 13.0 Å². The van der Waals surface area contributed by atoms with Crippen LogP contribution < -0.4 is 11.1 Å². The highest BCUT2D eigenvalue weighted by Gasteiger charge is 2.20. The minimum Gasteiger partial charge on any atom is -0.356 e. The lowest BCUT2D eigenvalue weighted by Crippen LogP contribution is -2.31. The van der Waals surface area contributed by atoms with Gasteiger partial charge in [0.05, 0.1) is 5.92 Å². The molecular weight excluding hydrogens is 212 g/mol. The molecule has 1 unspecified atom stereocenters.